The molecule has 3 atom stereocenters. The smallest absolute Gasteiger partial charge is 0.227 e. The van der Waals surface area contributed by atoms with E-state index in [0.717, 1.165) is 18.0 Å². The van der Waals surface area contributed by atoms with Crippen molar-refractivity contribution in [3.05, 3.63) is 29.8 Å². The summed E-state index contributed by atoms with van der Waals surface area (Å²) in [6, 6.07) is 8.28. The van der Waals surface area contributed by atoms with Crippen LogP contribution in [0.25, 0.3) is 0 Å². The molecule has 2 saturated carbocycles. The van der Waals surface area contributed by atoms with Gasteiger partial charge in [0.15, 0.2) is 0 Å². The molecule has 2 bridgehead atoms. The van der Waals surface area contributed by atoms with Gasteiger partial charge in [-0.1, -0.05) is 32.4 Å². The van der Waals surface area contributed by atoms with Crippen LogP contribution in [0, 0.1) is 17.8 Å². The van der Waals surface area contributed by atoms with Crippen LogP contribution in [-0.4, -0.2) is 5.91 Å². The minimum absolute atomic E-state index is 0.240. The molecule has 0 radical (unpaired) electrons. The van der Waals surface area contributed by atoms with Gasteiger partial charge >= 0.3 is 0 Å². The predicted octanol–water partition coefficient (Wildman–Crippen LogP) is 4.18. The first kappa shape index (κ1) is 12.7. The maximum Gasteiger partial charge on any atom is 0.227 e. The van der Waals surface area contributed by atoms with Crippen molar-refractivity contribution in [2.75, 3.05) is 5.32 Å². The summed E-state index contributed by atoms with van der Waals surface area (Å²) in [7, 11) is 0. The van der Waals surface area contributed by atoms with Gasteiger partial charge in [-0.15, -0.1) is 0 Å². The maximum absolute atomic E-state index is 12.3. The Hall–Kier alpha value is -1.31. The van der Waals surface area contributed by atoms with E-state index >= 15 is 0 Å². The van der Waals surface area contributed by atoms with Crippen LogP contribution in [0.3, 0.4) is 0 Å². The van der Waals surface area contributed by atoms with E-state index in [0.29, 0.717) is 11.8 Å². The van der Waals surface area contributed by atoms with E-state index in [-0.39, 0.29) is 11.8 Å². The van der Waals surface area contributed by atoms with Crippen molar-refractivity contribution >= 4 is 11.6 Å². The number of rotatable bonds is 3. The molecule has 0 unspecified atom stereocenters. The monoisotopic (exact) mass is 257 g/mol. The first-order valence-corrected chi connectivity index (χ1v) is 7.54. The number of amides is 1. The standard InChI is InChI=1S/C17H23NO/c1-11(2)13-5-7-15(8-6-13)18-17(19)16-10-12-3-4-14(16)9-12/h5-8,11-12,14,16H,3-4,9-10H2,1-2H3,(H,18,19)/t12-,14-,16-/m0/s1. The van der Waals surface area contributed by atoms with Crippen LogP contribution in [0.4, 0.5) is 5.69 Å². The molecule has 1 aromatic carbocycles. The molecule has 2 heteroatoms. The van der Waals surface area contributed by atoms with Gasteiger partial charge in [0.2, 0.25) is 5.91 Å². The summed E-state index contributed by atoms with van der Waals surface area (Å²) in [5, 5.41) is 3.10. The first-order valence-electron chi connectivity index (χ1n) is 7.54. The molecule has 0 aliphatic heterocycles. The Morgan fingerprint density at radius 3 is 2.42 bits per heavy atom. The number of hydrogen-bond donors (Lipinski definition) is 1. The van der Waals surface area contributed by atoms with E-state index in [4.69, 9.17) is 0 Å². The highest BCUT2D eigenvalue weighted by Crippen LogP contribution is 2.48. The van der Waals surface area contributed by atoms with E-state index in [1.165, 1.54) is 24.8 Å². The lowest BCUT2D eigenvalue weighted by molar-refractivity contribution is -0.121. The summed E-state index contributed by atoms with van der Waals surface area (Å²) in [6.45, 7) is 4.37. The third-order valence-corrected chi connectivity index (χ3v) is 4.92. The van der Waals surface area contributed by atoms with E-state index in [9.17, 15) is 4.79 Å². The maximum atomic E-state index is 12.3. The molecule has 19 heavy (non-hydrogen) atoms. The number of carbonyl (C=O) groups is 1. The third kappa shape index (κ3) is 2.54. The molecule has 1 N–H and O–H groups in total. The van der Waals surface area contributed by atoms with Crippen LogP contribution in [0.2, 0.25) is 0 Å². The van der Waals surface area contributed by atoms with Crippen LogP contribution >= 0.6 is 0 Å². The molecule has 102 valence electrons. The normalized spacial score (nSPS) is 28.9. The Bertz CT molecular complexity index is 463. The van der Waals surface area contributed by atoms with Crippen LogP contribution in [0.15, 0.2) is 24.3 Å². The molecular formula is C17H23NO. The van der Waals surface area contributed by atoms with Gasteiger partial charge in [-0.2, -0.15) is 0 Å². The van der Waals surface area contributed by atoms with Crippen molar-refractivity contribution in [1.29, 1.82) is 0 Å². The van der Waals surface area contributed by atoms with Crippen molar-refractivity contribution in [2.24, 2.45) is 17.8 Å². The van der Waals surface area contributed by atoms with Gasteiger partial charge in [0, 0.05) is 11.6 Å². The number of nitrogens with one attached hydrogen (secondary N) is 1. The zero-order valence-corrected chi connectivity index (χ0v) is 11.9. The van der Waals surface area contributed by atoms with E-state index < -0.39 is 0 Å². The topological polar surface area (TPSA) is 29.1 Å². The molecule has 2 fully saturated rings. The molecular weight excluding hydrogens is 234 g/mol. The Balaban J connectivity index is 1.63. The van der Waals surface area contributed by atoms with Crippen molar-refractivity contribution in [1.82, 2.24) is 0 Å². The van der Waals surface area contributed by atoms with Crippen LogP contribution in [0.5, 0.6) is 0 Å². The second-order valence-corrected chi connectivity index (χ2v) is 6.55. The SMILES string of the molecule is CC(C)c1ccc(NC(=O)[C@H]2C[C@H]3CC[C@H]2C3)cc1. The van der Waals surface area contributed by atoms with Gasteiger partial charge in [0.1, 0.15) is 0 Å². The highest BCUT2D eigenvalue weighted by atomic mass is 16.1. The van der Waals surface area contributed by atoms with Gasteiger partial charge in [0.25, 0.3) is 0 Å². The van der Waals surface area contributed by atoms with E-state index in [1.54, 1.807) is 0 Å². The Morgan fingerprint density at radius 2 is 1.89 bits per heavy atom. The van der Waals surface area contributed by atoms with Gasteiger partial charge in [-0.3, -0.25) is 4.79 Å². The van der Waals surface area contributed by atoms with Crippen LogP contribution in [0.1, 0.15) is 51.0 Å². The summed E-state index contributed by atoms with van der Waals surface area (Å²) in [5.41, 5.74) is 2.26. The van der Waals surface area contributed by atoms with Crippen molar-refractivity contribution in [3.8, 4) is 0 Å². The summed E-state index contributed by atoms with van der Waals surface area (Å²) in [6.07, 6.45) is 5.00. The van der Waals surface area contributed by atoms with Gasteiger partial charge in [-0.05, 0) is 54.7 Å². The minimum Gasteiger partial charge on any atom is -0.326 e. The number of benzene rings is 1. The average molecular weight is 257 g/mol. The van der Waals surface area contributed by atoms with Crippen molar-refractivity contribution in [2.45, 2.75) is 45.4 Å². The largest absolute Gasteiger partial charge is 0.326 e. The molecule has 0 aromatic heterocycles. The predicted molar refractivity (Wildman–Crippen MR) is 78.1 cm³/mol. The van der Waals surface area contributed by atoms with Crippen LogP contribution in [-0.2, 0) is 4.79 Å². The Labute approximate surface area is 115 Å². The van der Waals surface area contributed by atoms with Gasteiger partial charge in [-0.25, -0.2) is 0 Å². The highest BCUT2D eigenvalue weighted by molar-refractivity contribution is 5.93. The lowest BCUT2D eigenvalue weighted by atomic mass is 9.88. The molecule has 2 aliphatic rings. The summed E-state index contributed by atoms with van der Waals surface area (Å²) in [4.78, 5) is 12.3. The molecule has 2 nitrogen and oxygen atoms in total. The molecule has 0 spiro atoms. The molecule has 3 rings (SSSR count). The summed E-state index contributed by atoms with van der Waals surface area (Å²) in [5.74, 6) is 2.52. The minimum atomic E-state index is 0.240. The summed E-state index contributed by atoms with van der Waals surface area (Å²) >= 11 is 0. The average Bonchev–Trinajstić information content (AvgIpc) is 3.01. The fourth-order valence-corrected chi connectivity index (χ4v) is 3.75. The molecule has 1 aromatic rings. The second kappa shape index (κ2) is 4.99. The van der Waals surface area contributed by atoms with Gasteiger partial charge in [0.05, 0.1) is 0 Å². The number of anilines is 1. The fraction of sp³-hybridized carbons (Fsp3) is 0.588. The lowest BCUT2D eigenvalue weighted by Gasteiger charge is -2.20. The van der Waals surface area contributed by atoms with Crippen molar-refractivity contribution in [3.63, 3.8) is 0 Å². The molecule has 0 heterocycles. The Kier molecular flexibility index (Phi) is 3.34. The molecule has 1 amide bonds. The van der Waals surface area contributed by atoms with Crippen molar-refractivity contribution < 1.29 is 4.79 Å². The van der Waals surface area contributed by atoms with E-state index in [2.05, 4.69) is 31.3 Å². The zero-order chi connectivity index (χ0) is 13.4. The Morgan fingerprint density at radius 1 is 1.16 bits per heavy atom. The lowest BCUT2D eigenvalue weighted by Crippen LogP contribution is -2.27. The number of hydrogen-bond acceptors (Lipinski definition) is 1. The third-order valence-electron chi connectivity index (χ3n) is 4.92. The fourth-order valence-electron chi connectivity index (χ4n) is 3.75. The second-order valence-electron chi connectivity index (χ2n) is 6.55. The van der Waals surface area contributed by atoms with Crippen LogP contribution < -0.4 is 5.32 Å². The highest BCUT2D eigenvalue weighted by Gasteiger charge is 2.42. The molecule has 0 saturated heterocycles. The summed E-state index contributed by atoms with van der Waals surface area (Å²) < 4.78 is 0. The van der Waals surface area contributed by atoms with Gasteiger partial charge < -0.3 is 5.32 Å². The number of fused-ring (bicyclic) bond motifs is 2. The first-order chi connectivity index (χ1) is 9.13. The van der Waals surface area contributed by atoms with E-state index in [1.807, 2.05) is 12.1 Å². The molecule has 2 aliphatic carbocycles. The quantitative estimate of drug-likeness (QED) is 0.864. The zero-order valence-electron chi connectivity index (χ0n) is 11.9. The number of carbonyl (C=O) groups excluding carboxylic acids is 1.